The number of carboxylic acids is 1. The van der Waals surface area contributed by atoms with Crippen molar-refractivity contribution in [2.24, 2.45) is 0 Å². The fraction of sp³-hybridized carbons (Fsp3) is 0.545. The molecule has 1 aromatic heterocycles. The molecule has 1 fully saturated rings. The Bertz CT molecular complexity index is 460. The molecule has 2 atom stereocenters. The van der Waals surface area contributed by atoms with E-state index in [1.54, 1.807) is 5.38 Å². The molecule has 0 radical (unpaired) electrons. The number of anilines is 1. The molecule has 1 aliphatic heterocycles. The highest BCUT2D eigenvalue weighted by atomic mass is 32.1. The number of amides is 1. The quantitative estimate of drug-likeness (QED) is 0.860. The van der Waals surface area contributed by atoms with E-state index in [0.717, 1.165) is 6.42 Å². The number of ether oxygens (including phenoxy) is 1. The number of carbonyl (C=O) groups is 2. The van der Waals surface area contributed by atoms with Gasteiger partial charge in [-0.1, -0.05) is 0 Å². The number of hydrogen-bond donors (Lipinski definition) is 2. The van der Waals surface area contributed by atoms with E-state index in [1.165, 1.54) is 11.3 Å². The lowest BCUT2D eigenvalue weighted by atomic mass is 10.2. The van der Waals surface area contributed by atoms with Crippen molar-refractivity contribution in [3.63, 3.8) is 0 Å². The monoisotopic (exact) mass is 270 g/mol. The summed E-state index contributed by atoms with van der Waals surface area (Å²) in [5.74, 6) is -1.15. The second-order valence-corrected chi connectivity index (χ2v) is 5.07. The zero-order valence-electron chi connectivity index (χ0n) is 9.88. The van der Waals surface area contributed by atoms with Gasteiger partial charge in [-0.15, -0.1) is 11.3 Å². The summed E-state index contributed by atoms with van der Waals surface area (Å²) in [6.07, 6.45) is 1.13. The van der Waals surface area contributed by atoms with Gasteiger partial charge in [0.15, 0.2) is 5.13 Å². The van der Waals surface area contributed by atoms with Crippen LogP contribution >= 0.6 is 11.3 Å². The van der Waals surface area contributed by atoms with E-state index in [1.807, 2.05) is 6.92 Å². The molecule has 6 nitrogen and oxygen atoms in total. The standard InChI is InChI=1S/C11H14N2O4S/c1-6-2-3-8(17-6)10(16)13-11-12-7(5-18-11)4-9(14)15/h5-6,8H,2-4H2,1H3,(H,14,15)(H,12,13,16). The van der Waals surface area contributed by atoms with Gasteiger partial charge in [-0.05, 0) is 19.8 Å². The molecule has 7 heteroatoms. The second-order valence-electron chi connectivity index (χ2n) is 4.22. The minimum atomic E-state index is -0.939. The maximum absolute atomic E-state index is 11.8. The summed E-state index contributed by atoms with van der Waals surface area (Å²) in [4.78, 5) is 26.3. The fourth-order valence-electron chi connectivity index (χ4n) is 1.78. The molecule has 1 aromatic rings. The van der Waals surface area contributed by atoms with Crippen LogP contribution in [-0.2, 0) is 20.7 Å². The molecule has 0 spiro atoms. The summed E-state index contributed by atoms with van der Waals surface area (Å²) < 4.78 is 5.44. The molecule has 98 valence electrons. The lowest BCUT2D eigenvalue weighted by Gasteiger charge is -2.09. The predicted octanol–water partition coefficient (Wildman–Crippen LogP) is 1.28. The van der Waals surface area contributed by atoms with E-state index in [2.05, 4.69) is 10.3 Å². The van der Waals surface area contributed by atoms with Crippen LogP contribution in [-0.4, -0.2) is 34.2 Å². The predicted molar refractivity (Wildman–Crippen MR) is 65.7 cm³/mol. The lowest BCUT2D eigenvalue weighted by Crippen LogP contribution is -2.27. The number of carboxylic acid groups (broad SMARTS) is 1. The Morgan fingerprint density at radius 1 is 1.61 bits per heavy atom. The Hall–Kier alpha value is -1.47. The Morgan fingerprint density at radius 3 is 3.00 bits per heavy atom. The minimum Gasteiger partial charge on any atom is -0.481 e. The van der Waals surface area contributed by atoms with Gasteiger partial charge in [0.05, 0.1) is 18.2 Å². The van der Waals surface area contributed by atoms with Crippen molar-refractivity contribution in [1.82, 2.24) is 4.98 Å². The first-order chi connectivity index (χ1) is 8.54. The van der Waals surface area contributed by atoms with Crippen LogP contribution in [0.3, 0.4) is 0 Å². The van der Waals surface area contributed by atoms with Gasteiger partial charge in [-0.25, -0.2) is 4.98 Å². The first-order valence-electron chi connectivity index (χ1n) is 5.67. The maximum Gasteiger partial charge on any atom is 0.309 e. The van der Waals surface area contributed by atoms with Gasteiger partial charge in [0.1, 0.15) is 6.10 Å². The largest absolute Gasteiger partial charge is 0.481 e. The molecule has 18 heavy (non-hydrogen) atoms. The number of aromatic nitrogens is 1. The van der Waals surface area contributed by atoms with E-state index in [9.17, 15) is 9.59 Å². The third kappa shape index (κ3) is 3.27. The van der Waals surface area contributed by atoms with Crippen molar-refractivity contribution in [3.05, 3.63) is 11.1 Å². The van der Waals surface area contributed by atoms with Gasteiger partial charge in [0, 0.05) is 5.38 Å². The summed E-state index contributed by atoms with van der Waals surface area (Å²) in [5.41, 5.74) is 0.448. The Balaban J connectivity index is 1.91. The number of thiazole rings is 1. The molecule has 0 aliphatic carbocycles. The van der Waals surface area contributed by atoms with Crippen LogP contribution in [0.15, 0.2) is 5.38 Å². The van der Waals surface area contributed by atoms with Gasteiger partial charge in [0.25, 0.3) is 5.91 Å². The Kier molecular flexibility index (Phi) is 3.93. The van der Waals surface area contributed by atoms with Crippen molar-refractivity contribution in [2.45, 2.75) is 38.4 Å². The molecule has 2 unspecified atom stereocenters. The van der Waals surface area contributed by atoms with Crippen molar-refractivity contribution in [3.8, 4) is 0 Å². The van der Waals surface area contributed by atoms with Gasteiger partial charge >= 0.3 is 5.97 Å². The molecule has 2 heterocycles. The van der Waals surface area contributed by atoms with E-state index < -0.39 is 12.1 Å². The maximum atomic E-state index is 11.8. The number of hydrogen-bond acceptors (Lipinski definition) is 5. The number of nitrogens with zero attached hydrogens (tertiary/aromatic N) is 1. The van der Waals surface area contributed by atoms with E-state index in [4.69, 9.17) is 9.84 Å². The number of carbonyl (C=O) groups excluding carboxylic acids is 1. The molecular weight excluding hydrogens is 256 g/mol. The third-order valence-corrected chi connectivity index (χ3v) is 3.45. The summed E-state index contributed by atoms with van der Waals surface area (Å²) in [6.45, 7) is 1.93. The highest BCUT2D eigenvalue weighted by Crippen LogP contribution is 2.22. The van der Waals surface area contributed by atoms with Gasteiger partial charge in [-0.3, -0.25) is 14.9 Å². The minimum absolute atomic E-state index is 0.111. The molecule has 0 saturated carbocycles. The molecule has 0 aromatic carbocycles. The van der Waals surface area contributed by atoms with Crippen LogP contribution in [0.1, 0.15) is 25.5 Å². The topological polar surface area (TPSA) is 88.5 Å². The van der Waals surface area contributed by atoms with Crippen LogP contribution in [0.2, 0.25) is 0 Å². The third-order valence-electron chi connectivity index (χ3n) is 2.64. The average Bonchev–Trinajstić information content (AvgIpc) is 2.87. The van der Waals surface area contributed by atoms with Gasteiger partial charge in [0.2, 0.25) is 0 Å². The summed E-state index contributed by atoms with van der Waals surface area (Å²) in [7, 11) is 0. The smallest absolute Gasteiger partial charge is 0.309 e. The normalized spacial score (nSPS) is 22.9. The van der Waals surface area contributed by atoms with Crippen molar-refractivity contribution in [2.75, 3.05) is 5.32 Å². The number of rotatable bonds is 4. The molecule has 1 aliphatic rings. The molecule has 0 bridgehead atoms. The average molecular weight is 270 g/mol. The van der Waals surface area contributed by atoms with Crippen molar-refractivity contribution >= 4 is 28.3 Å². The molecule has 2 N–H and O–H groups in total. The van der Waals surface area contributed by atoms with Crippen molar-refractivity contribution < 1.29 is 19.4 Å². The second kappa shape index (κ2) is 5.45. The Morgan fingerprint density at radius 2 is 2.39 bits per heavy atom. The zero-order valence-corrected chi connectivity index (χ0v) is 10.7. The molecule has 1 amide bonds. The first-order valence-corrected chi connectivity index (χ1v) is 6.55. The van der Waals surface area contributed by atoms with Gasteiger partial charge in [-0.2, -0.15) is 0 Å². The lowest BCUT2D eigenvalue weighted by molar-refractivity contribution is -0.136. The van der Waals surface area contributed by atoms with E-state index >= 15 is 0 Å². The van der Waals surface area contributed by atoms with Gasteiger partial charge < -0.3 is 9.84 Å². The fourth-order valence-corrected chi connectivity index (χ4v) is 2.50. The van der Waals surface area contributed by atoms with Crippen LogP contribution in [0.25, 0.3) is 0 Å². The molecular formula is C11H14N2O4S. The summed E-state index contributed by atoms with van der Waals surface area (Å²) in [5, 5.41) is 13.3. The SMILES string of the molecule is CC1CCC(C(=O)Nc2nc(CC(=O)O)cs2)O1. The Labute approximate surface area is 108 Å². The van der Waals surface area contributed by atoms with Crippen molar-refractivity contribution in [1.29, 1.82) is 0 Å². The molecule has 2 rings (SSSR count). The number of aliphatic carboxylic acids is 1. The summed E-state index contributed by atoms with van der Waals surface area (Å²) >= 11 is 1.22. The van der Waals surface area contributed by atoms with Crippen LogP contribution in [0, 0.1) is 0 Å². The zero-order chi connectivity index (χ0) is 13.1. The number of nitrogens with one attached hydrogen (secondary N) is 1. The van der Waals surface area contributed by atoms with Crippen LogP contribution in [0.4, 0.5) is 5.13 Å². The van der Waals surface area contributed by atoms with Crippen LogP contribution < -0.4 is 5.32 Å². The highest BCUT2D eigenvalue weighted by Gasteiger charge is 2.28. The summed E-state index contributed by atoms with van der Waals surface area (Å²) in [6, 6.07) is 0. The molecule has 1 saturated heterocycles. The first kappa shape index (κ1) is 13.0. The highest BCUT2D eigenvalue weighted by molar-refractivity contribution is 7.13. The van der Waals surface area contributed by atoms with E-state index in [0.29, 0.717) is 17.2 Å². The van der Waals surface area contributed by atoms with E-state index in [-0.39, 0.29) is 18.4 Å². The van der Waals surface area contributed by atoms with Crippen LogP contribution in [0.5, 0.6) is 0 Å².